The summed E-state index contributed by atoms with van der Waals surface area (Å²) in [5, 5.41) is 3.22. The maximum absolute atomic E-state index is 12.3. The van der Waals surface area contributed by atoms with Crippen molar-refractivity contribution in [2.45, 2.75) is 12.3 Å². The smallest absolute Gasteiger partial charge is 0.233 e. The average molecular weight is 287 g/mol. The molecule has 1 aliphatic carbocycles. The second-order valence-electron chi connectivity index (χ2n) is 4.62. The van der Waals surface area contributed by atoms with E-state index in [1.165, 1.54) is 6.20 Å². The third-order valence-electron chi connectivity index (χ3n) is 3.32. The zero-order chi connectivity index (χ0) is 14.1. The third-order valence-corrected chi connectivity index (χ3v) is 3.54. The Balaban J connectivity index is 1.82. The van der Waals surface area contributed by atoms with E-state index in [9.17, 15) is 9.59 Å². The van der Waals surface area contributed by atoms with Crippen LogP contribution in [0.3, 0.4) is 0 Å². The molecule has 1 aromatic carbocycles. The number of ketones is 1. The van der Waals surface area contributed by atoms with E-state index in [-0.39, 0.29) is 18.1 Å². The van der Waals surface area contributed by atoms with Crippen LogP contribution in [0.4, 0.5) is 5.82 Å². The molecule has 1 N–H and O–H groups in total. The van der Waals surface area contributed by atoms with Gasteiger partial charge in [0.1, 0.15) is 5.82 Å². The normalized spacial score (nSPS) is 16.9. The molecule has 1 aliphatic rings. The van der Waals surface area contributed by atoms with Gasteiger partial charge in [-0.2, -0.15) is 0 Å². The Hall–Kier alpha value is -2.20. The van der Waals surface area contributed by atoms with E-state index >= 15 is 0 Å². The molecule has 0 bridgehead atoms. The van der Waals surface area contributed by atoms with Gasteiger partial charge < -0.3 is 5.32 Å². The van der Waals surface area contributed by atoms with Gasteiger partial charge >= 0.3 is 0 Å². The number of benzene rings is 1. The van der Waals surface area contributed by atoms with Crippen molar-refractivity contribution in [2.75, 3.05) is 5.32 Å². The lowest BCUT2D eigenvalue weighted by atomic mass is 10.0. The van der Waals surface area contributed by atoms with Crippen LogP contribution in [0.5, 0.6) is 0 Å². The summed E-state index contributed by atoms with van der Waals surface area (Å²) in [4.78, 5) is 28.2. The van der Waals surface area contributed by atoms with Crippen molar-refractivity contribution in [1.82, 2.24) is 4.98 Å². The molecule has 3 rings (SSSR count). The molecule has 4 nitrogen and oxygen atoms in total. The second kappa shape index (κ2) is 5.06. The van der Waals surface area contributed by atoms with Gasteiger partial charge in [-0.05, 0) is 17.7 Å². The monoisotopic (exact) mass is 286 g/mol. The van der Waals surface area contributed by atoms with E-state index < -0.39 is 5.92 Å². The van der Waals surface area contributed by atoms with Crippen molar-refractivity contribution in [3.05, 3.63) is 58.7 Å². The van der Waals surface area contributed by atoms with Crippen LogP contribution in [0, 0.1) is 0 Å². The zero-order valence-corrected chi connectivity index (χ0v) is 11.2. The average Bonchev–Trinajstić information content (AvgIpc) is 2.79. The van der Waals surface area contributed by atoms with E-state index in [0.29, 0.717) is 16.4 Å². The van der Waals surface area contributed by atoms with Crippen molar-refractivity contribution in [2.24, 2.45) is 0 Å². The number of amides is 1. The summed E-state index contributed by atoms with van der Waals surface area (Å²) in [5.74, 6) is -0.240. The van der Waals surface area contributed by atoms with E-state index in [4.69, 9.17) is 11.6 Å². The van der Waals surface area contributed by atoms with Crippen LogP contribution in [-0.2, 0) is 4.79 Å². The van der Waals surface area contributed by atoms with Gasteiger partial charge in [-0.15, -0.1) is 0 Å². The summed E-state index contributed by atoms with van der Waals surface area (Å²) in [5.41, 5.74) is 1.42. The van der Waals surface area contributed by atoms with Crippen molar-refractivity contribution in [3.8, 4) is 0 Å². The first-order valence-electron chi connectivity index (χ1n) is 6.19. The number of fused-ring (bicyclic) bond motifs is 1. The Morgan fingerprint density at radius 2 is 2.05 bits per heavy atom. The highest BCUT2D eigenvalue weighted by Gasteiger charge is 2.33. The van der Waals surface area contributed by atoms with Crippen LogP contribution >= 0.6 is 11.6 Å². The molecule has 0 unspecified atom stereocenters. The van der Waals surface area contributed by atoms with Gasteiger partial charge in [0.15, 0.2) is 5.78 Å². The first kappa shape index (κ1) is 12.8. The standard InChI is InChI=1S/C15H11ClN2O2/c16-9-5-6-14(17-8-9)18-15(20)12-7-13(19)11-4-2-1-3-10(11)12/h1-6,8,12H,7H2,(H,17,18,20)/t12-/m0/s1. The van der Waals surface area contributed by atoms with Crippen molar-refractivity contribution >= 4 is 29.1 Å². The molecule has 0 aliphatic heterocycles. The number of hydrogen-bond acceptors (Lipinski definition) is 3. The van der Waals surface area contributed by atoms with Gasteiger partial charge in [0, 0.05) is 18.2 Å². The molecule has 0 saturated carbocycles. The maximum atomic E-state index is 12.3. The molecular formula is C15H11ClN2O2. The first-order valence-corrected chi connectivity index (χ1v) is 6.57. The molecule has 0 radical (unpaired) electrons. The SMILES string of the molecule is O=C1C[C@H](C(=O)Nc2ccc(Cl)cn2)c2ccccc21. The summed E-state index contributed by atoms with van der Waals surface area (Å²) < 4.78 is 0. The molecule has 0 saturated heterocycles. The van der Waals surface area contributed by atoms with E-state index in [1.807, 2.05) is 12.1 Å². The molecular weight excluding hydrogens is 276 g/mol. The predicted molar refractivity (Wildman–Crippen MR) is 76.0 cm³/mol. The Bertz CT molecular complexity index is 683. The van der Waals surface area contributed by atoms with Gasteiger partial charge in [0.05, 0.1) is 10.9 Å². The summed E-state index contributed by atoms with van der Waals surface area (Å²) in [6.45, 7) is 0. The topological polar surface area (TPSA) is 59.1 Å². The minimum absolute atomic E-state index is 0.00446. The van der Waals surface area contributed by atoms with Crippen LogP contribution in [-0.4, -0.2) is 16.7 Å². The first-order chi connectivity index (χ1) is 9.65. The molecule has 2 aromatic rings. The minimum Gasteiger partial charge on any atom is -0.310 e. The molecule has 5 heteroatoms. The number of hydrogen-bond donors (Lipinski definition) is 1. The molecule has 0 fully saturated rings. The minimum atomic E-state index is -0.448. The number of nitrogens with zero attached hydrogens (tertiary/aromatic N) is 1. The lowest BCUT2D eigenvalue weighted by Gasteiger charge is -2.10. The molecule has 20 heavy (non-hydrogen) atoms. The third kappa shape index (κ3) is 2.30. The van der Waals surface area contributed by atoms with Crippen LogP contribution in [0.15, 0.2) is 42.6 Å². The maximum Gasteiger partial charge on any atom is 0.233 e. The van der Waals surface area contributed by atoms with E-state index in [0.717, 1.165) is 5.56 Å². The molecule has 1 amide bonds. The summed E-state index contributed by atoms with van der Waals surface area (Å²) in [7, 11) is 0. The van der Waals surface area contributed by atoms with Crippen molar-refractivity contribution in [1.29, 1.82) is 0 Å². The quantitative estimate of drug-likeness (QED) is 0.923. The number of pyridine rings is 1. The van der Waals surface area contributed by atoms with Crippen LogP contribution in [0.2, 0.25) is 5.02 Å². The Morgan fingerprint density at radius 1 is 1.25 bits per heavy atom. The van der Waals surface area contributed by atoms with Crippen LogP contribution < -0.4 is 5.32 Å². The number of Topliss-reactive ketones (excluding diaryl/α,β-unsaturated/α-hetero) is 1. The van der Waals surface area contributed by atoms with Gasteiger partial charge in [-0.1, -0.05) is 35.9 Å². The fourth-order valence-electron chi connectivity index (χ4n) is 2.36. The Labute approximate surface area is 120 Å². The highest BCUT2D eigenvalue weighted by atomic mass is 35.5. The summed E-state index contributed by atoms with van der Waals surface area (Å²) in [6, 6.07) is 10.5. The lowest BCUT2D eigenvalue weighted by Crippen LogP contribution is -2.20. The fraction of sp³-hybridized carbons (Fsp3) is 0.133. The number of rotatable bonds is 2. The van der Waals surface area contributed by atoms with Crippen molar-refractivity contribution < 1.29 is 9.59 Å². The van der Waals surface area contributed by atoms with Crippen molar-refractivity contribution in [3.63, 3.8) is 0 Å². The number of aromatic nitrogens is 1. The highest BCUT2D eigenvalue weighted by molar-refractivity contribution is 6.30. The molecule has 0 spiro atoms. The lowest BCUT2D eigenvalue weighted by molar-refractivity contribution is -0.117. The number of carbonyl (C=O) groups is 2. The second-order valence-corrected chi connectivity index (χ2v) is 5.05. The summed E-state index contributed by atoms with van der Waals surface area (Å²) in [6.07, 6.45) is 1.67. The van der Waals surface area contributed by atoms with Gasteiger partial charge in [-0.3, -0.25) is 9.59 Å². The van der Waals surface area contributed by atoms with Crippen LogP contribution in [0.1, 0.15) is 28.3 Å². The number of halogens is 1. The van der Waals surface area contributed by atoms with Crippen LogP contribution in [0.25, 0.3) is 0 Å². The Morgan fingerprint density at radius 3 is 2.80 bits per heavy atom. The largest absolute Gasteiger partial charge is 0.310 e. The highest BCUT2D eigenvalue weighted by Crippen LogP contribution is 2.33. The van der Waals surface area contributed by atoms with E-state index in [1.54, 1.807) is 24.3 Å². The van der Waals surface area contributed by atoms with E-state index in [2.05, 4.69) is 10.3 Å². The number of carbonyl (C=O) groups excluding carboxylic acids is 2. The number of nitrogens with one attached hydrogen (secondary N) is 1. The molecule has 1 atom stereocenters. The Kier molecular flexibility index (Phi) is 3.24. The molecule has 1 aromatic heterocycles. The molecule has 1 heterocycles. The summed E-state index contributed by atoms with van der Waals surface area (Å²) >= 11 is 5.74. The molecule has 100 valence electrons. The number of anilines is 1. The van der Waals surface area contributed by atoms with Gasteiger partial charge in [0.25, 0.3) is 0 Å². The zero-order valence-electron chi connectivity index (χ0n) is 10.5. The van der Waals surface area contributed by atoms with Gasteiger partial charge in [-0.25, -0.2) is 4.98 Å². The fourth-order valence-corrected chi connectivity index (χ4v) is 2.47. The van der Waals surface area contributed by atoms with Gasteiger partial charge in [0.2, 0.25) is 5.91 Å². The predicted octanol–water partition coefficient (Wildman–Crippen LogP) is 3.04.